The van der Waals surface area contributed by atoms with E-state index in [1.165, 1.54) is 23.5 Å². The van der Waals surface area contributed by atoms with E-state index in [1.54, 1.807) is 12.1 Å². The Morgan fingerprint density at radius 1 is 1.23 bits per heavy atom. The topological polar surface area (TPSA) is 84.9 Å². The average Bonchev–Trinajstić information content (AvgIpc) is 2.78. The molecule has 0 spiro atoms. The van der Waals surface area contributed by atoms with Gasteiger partial charge in [0, 0.05) is 56.2 Å². The van der Waals surface area contributed by atoms with Gasteiger partial charge in [0.05, 0.1) is 12.7 Å². The molecular weight excluding hydrogens is 421 g/mol. The van der Waals surface area contributed by atoms with Gasteiger partial charge in [0.15, 0.2) is 0 Å². The van der Waals surface area contributed by atoms with Crippen LogP contribution in [0.4, 0.5) is 10.1 Å². The maximum absolute atomic E-state index is 14.2. The summed E-state index contributed by atoms with van der Waals surface area (Å²) < 4.78 is 43.6. The molecule has 9 heteroatoms. The van der Waals surface area contributed by atoms with Crippen LogP contribution >= 0.6 is 0 Å². The first kappa shape index (κ1) is 23.3. The second kappa shape index (κ2) is 11.3. The number of aryl methyl sites for hydroxylation is 1. The van der Waals surface area contributed by atoms with Gasteiger partial charge in [-0.05, 0) is 48.2 Å². The quantitative estimate of drug-likeness (QED) is 0.468. The van der Waals surface area contributed by atoms with Crippen LogP contribution < -0.4 is 9.62 Å². The van der Waals surface area contributed by atoms with Gasteiger partial charge in [0.2, 0.25) is 0 Å². The van der Waals surface area contributed by atoms with E-state index in [9.17, 15) is 17.9 Å². The van der Waals surface area contributed by atoms with Crippen LogP contribution in [-0.2, 0) is 29.0 Å². The number of hydrogen-bond donors (Lipinski definition) is 1. The molecule has 2 aromatic rings. The molecule has 31 heavy (non-hydrogen) atoms. The Morgan fingerprint density at radius 2 is 1.94 bits per heavy atom. The lowest BCUT2D eigenvalue weighted by Gasteiger charge is -2.28. The van der Waals surface area contributed by atoms with Crippen molar-refractivity contribution in [2.75, 3.05) is 44.1 Å². The van der Waals surface area contributed by atoms with Gasteiger partial charge in [0.1, 0.15) is 5.82 Å². The zero-order chi connectivity index (χ0) is 22.2. The molecule has 168 valence electrons. The highest BCUT2D eigenvalue weighted by Crippen LogP contribution is 2.20. The monoisotopic (exact) mass is 448 g/mol. The van der Waals surface area contributed by atoms with Crippen LogP contribution in [-0.4, -0.2) is 59.5 Å². The first-order chi connectivity index (χ1) is 15.0. The van der Waals surface area contributed by atoms with Crippen molar-refractivity contribution in [3.8, 4) is 0 Å². The van der Waals surface area contributed by atoms with E-state index in [-0.39, 0.29) is 12.1 Å². The van der Waals surface area contributed by atoms with E-state index >= 15 is 0 Å². The molecule has 1 fully saturated rings. The third-order valence-electron chi connectivity index (χ3n) is 5.30. The standard InChI is InChI=1S/C22H28FN3O4S/c1-30-22(27)19-7-6-18(21(23)15-19)3-2-12-26(31(28)29)20-8-4-17(5-9-20)16-25-13-10-24-11-14-25/h4-9,15,24H,2-3,10-14,16H2,1H3,(H,28,29)/p-1. The number of esters is 1. The fourth-order valence-electron chi connectivity index (χ4n) is 3.59. The normalized spacial score (nSPS) is 15.5. The predicted molar refractivity (Wildman–Crippen MR) is 117 cm³/mol. The zero-order valence-corrected chi connectivity index (χ0v) is 18.3. The van der Waals surface area contributed by atoms with Crippen molar-refractivity contribution in [3.05, 3.63) is 65.0 Å². The lowest BCUT2D eigenvalue weighted by atomic mass is 10.1. The van der Waals surface area contributed by atoms with Crippen LogP contribution in [0.2, 0.25) is 0 Å². The van der Waals surface area contributed by atoms with Gasteiger partial charge in [-0.2, -0.15) is 0 Å². The van der Waals surface area contributed by atoms with Gasteiger partial charge in [-0.15, -0.1) is 0 Å². The minimum Gasteiger partial charge on any atom is -0.755 e. The molecule has 0 aromatic heterocycles. The average molecular weight is 449 g/mol. The van der Waals surface area contributed by atoms with Gasteiger partial charge in [0.25, 0.3) is 0 Å². The molecule has 0 radical (unpaired) electrons. The third-order valence-corrected chi connectivity index (χ3v) is 6.05. The molecular formula is C22H27FN3O4S-. The Morgan fingerprint density at radius 3 is 2.55 bits per heavy atom. The number of rotatable bonds is 9. The Kier molecular flexibility index (Phi) is 8.53. The van der Waals surface area contributed by atoms with Crippen molar-refractivity contribution < 1.29 is 22.7 Å². The fourth-order valence-corrected chi connectivity index (χ4v) is 4.16. The van der Waals surface area contributed by atoms with Crippen LogP contribution in [0.5, 0.6) is 0 Å². The maximum atomic E-state index is 14.2. The second-order valence-corrected chi connectivity index (χ2v) is 8.29. The summed E-state index contributed by atoms with van der Waals surface area (Å²) >= 11 is -2.43. The third kappa shape index (κ3) is 6.57. The number of piperazine rings is 1. The number of anilines is 1. The van der Waals surface area contributed by atoms with Crippen LogP contribution in [0.25, 0.3) is 0 Å². The Balaban J connectivity index is 1.57. The van der Waals surface area contributed by atoms with E-state index in [4.69, 9.17) is 0 Å². The smallest absolute Gasteiger partial charge is 0.337 e. The summed E-state index contributed by atoms with van der Waals surface area (Å²) in [6, 6.07) is 11.7. The Labute approximate surface area is 184 Å². The van der Waals surface area contributed by atoms with Crippen LogP contribution in [0.1, 0.15) is 27.9 Å². The van der Waals surface area contributed by atoms with Crippen molar-refractivity contribution >= 4 is 22.9 Å². The van der Waals surface area contributed by atoms with E-state index in [0.717, 1.165) is 44.4 Å². The number of benzene rings is 2. The predicted octanol–water partition coefficient (Wildman–Crippen LogP) is 2.25. The van der Waals surface area contributed by atoms with E-state index in [2.05, 4.69) is 15.0 Å². The number of methoxy groups -OCH3 is 1. The van der Waals surface area contributed by atoms with Crippen molar-refractivity contribution in [1.82, 2.24) is 10.2 Å². The molecule has 3 rings (SSSR count). The molecule has 0 amide bonds. The van der Waals surface area contributed by atoms with Crippen molar-refractivity contribution in [3.63, 3.8) is 0 Å². The molecule has 7 nitrogen and oxygen atoms in total. The maximum Gasteiger partial charge on any atom is 0.337 e. The molecule has 1 heterocycles. The highest BCUT2D eigenvalue weighted by Gasteiger charge is 2.13. The number of hydrogen-bond acceptors (Lipinski definition) is 6. The summed E-state index contributed by atoms with van der Waals surface area (Å²) in [6.45, 7) is 5.01. The number of carbonyl (C=O) groups excluding carboxylic acids is 1. The van der Waals surface area contributed by atoms with Crippen molar-refractivity contribution in [2.45, 2.75) is 19.4 Å². The Hall–Kier alpha value is -2.33. The molecule has 2 aromatic carbocycles. The first-order valence-electron chi connectivity index (χ1n) is 10.2. The fraction of sp³-hybridized carbons (Fsp3) is 0.409. The first-order valence-corrected chi connectivity index (χ1v) is 11.3. The summed E-state index contributed by atoms with van der Waals surface area (Å²) in [4.78, 5) is 13.8. The number of carbonyl (C=O) groups is 1. The number of ether oxygens (including phenoxy) is 1. The summed E-state index contributed by atoms with van der Waals surface area (Å²) in [5.41, 5.74) is 2.29. The number of nitrogens with zero attached hydrogens (tertiary/aromatic N) is 2. The van der Waals surface area contributed by atoms with Crippen LogP contribution in [0, 0.1) is 5.82 Å². The second-order valence-electron chi connectivity index (χ2n) is 7.41. The minimum atomic E-state index is -2.43. The molecule has 1 atom stereocenters. The van der Waals surface area contributed by atoms with Crippen LogP contribution in [0.3, 0.4) is 0 Å². The zero-order valence-electron chi connectivity index (χ0n) is 17.5. The van der Waals surface area contributed by atoms with Crippen LogP contribution in [0.15, 0.2) is 42.5 Å². The summed E-state index contributed by atoms with van der Waals surface area (Å²) in [6.07, 6.45) is 0.785. The molecule has 1 unspecified atom stereocenters. The van der Waals surface area contributed by atoms with Gasteiger partial charge < -0.3 is 18.9 Å². The summed E-state index contributed by atoms with van der Waals surface area (Å²) in [7, 11) is 1.24. The molecule has 1 saturated heterocycles. The van der Waals surface area contributed by atoms with Gasteiger partial charge in [-0.25, -0.2) is 9.18 Å². The lowest BCUT2D eigenvalue weighted by Crippen LogP contribution is -2.42. The summed E-state index contributed by atoms with van der Waals surface area (Å²) in [5, 5.41) is 3.32. The number of halogens is 1. The Bertz CT molecular complexity index is 904. The SMILES string of the molecule is COC(=O)c1ccc(CCCN(c2ccc(CN3CCNCC3)cc2)S(=O)[O-])c(F)c1. The van der Waals surface area contributed by atoms with E-state index < -0.39 is 23.1 Å². The highest BCUT2D eigenvalue weighted by atomic mass is 32.2. The largest absolute Gasteiger partial charge is 0.755 e. The van der Waals surface area contributed by atoms with Gasteiger partial charge in [-0.1, -0.05) is 18.2 Å². The van der Waals surface area contributed by atoms with Gasteiger partial charge in [-0.3, -0.25) is 9.11 Å². The molecule has 1 N–H and O–H groups in total. The molecule has 0 saturated carbocycles. The number of nitrogens with one attached hydrogen (secondary N) is 1. The van der Waals surface area contributed by atoms with Gasteiger partial charge >= 0.3 is 5.97 Å². The van der Waals surface area contributed by atoms with Crippen molar-refractivity contribution in [2.24, 2.45) is 0 Å². The molecule has 0 bridgehead atoms. The van der Waals surface area contributed by atoms with E-state index in [1.807, 2.05) is 12.1 Å². The van der Waals surface area contributed by atoms with E-state index in [0.29, 0.717) is 24.1 Å². The molecule has 1 aliphatic heterocycles. The molecule has 0 aliphatic carbocycles. The van der Waals surface area contributed by atoms with Crippen molar-refractivity contribution in [1.29, 1.82) is 0 Å². The minimum absolute atomic E-state index is 0.145. The highest BCUT2D eigenvalue weighted by molar-refractivity contribution is 7.80. The summed E-state index contributed by atoms with van der Waals surface area (Å²) in [5.74, 6) is -1.10. The lowest BCUT2D eigenvalue weighted by molar-refractivity contribution is 0.0600. The molecule has 1 aliphatic rings.